The second-order valence-corrected chi connectivity index (χ2v) is 5.81. The maximum absolute atomic E-state index is 12.4. The maximum atomic E-state index is 12.4. The number of hydroxylamine groups is 1. The van der Waals surface area contributed by atoms with Gasteiger partial charge >= 0.3 is 0 Å². The number of carbonyl (C=O) groups is 2. The van der Waals surface area contributed by atoms with Crippen molar-refractivity contribution in [3.63, 3.8) is 0 Å². The number of benzene rings is 2. The van der Waals surface area contributed by atoms with Crippen LogP contribution in [0.4, 0.5) is 5.69 Å². The Morgan fingerprint density at radius 3 is 2.72 bits per heavy atom. The van der Waals surface area contributed by atoms with Gasteiger partial charge in [-0.05, 0) is 23.8 Å². The molecule has 7 heteroatoms. The molecule has 7 nitrogen and oxygen atoms in total. The van der Waals surface area contributed by atoms with Crippen molar-refractivity contribution in [1.82, 2.24) is 10.8 Å². The van der Waals surface area contributed by atoms with Gasteiger partial charge in [0.15, 0.2) is 6.10 Å². The molecule has 0 saturated carbocycles. The highest BCUT2D eigenvalue weighted by Gasteiger charge is 2.29. The van der Waals surface area contributed by atoms with Gasteiger partial charge in [-0.15, -0.1) is 0 Å². The van der Waals surface area contributed by atoms with Gasteiger partial charge in [0.2, 0.25) is 0 Å². The summed E-state index contributed by atoms with van der Waals surface area (Å²) in [5, 5.41) is 11.6. The highest BCUT2D eigenvalue weighted by Crippen LogP contribution is 2.33. The number of rotatable bonds is 4. The fraction of sp³-hybridized carbons (Fsp3) is 0.222. The first kappa shape index (κ1) is 16.8. The van der Waals surface area contributed by atoms with Crippen molar-refractivity contribution in [3.05, 3.63) is 59.7 Å². The van der Waals surface area contributed by atoms with Crippen LogP contribution in [0.5, 0.6) is 5.75 Å². The molecule has 0 aliphatic carbocycles. The fourth-order valence-corrected chi connectivity index (χ4v) is 2.70. The molecule has 0 aromatic heterocycles. The third kappa shape index (κ3) is 3.72. The molecule has 0 fully saturated rings. The summed E-state index contributed by atoms with van der Waals surface area (Å²) in [6.45, 7) is 0.822. The number of nitrogens with zero attached hydrogens (tertiary/aromatic N) is 1. The number of nitrogens with one attached hydrogen (secondary N) is 2. The molecule has 0 radical (unpaired) electrons. The lowest BCUT2D eigenvalue weighted by atomic mass is 10.1. The predicted octanol–water partition coefficient (Wildman–Crippen LogP) is 1.32. The van der Waals surface area contributed by atoms with Crippen molar-refractivity contribution in [2.75, 3.05) is 18.5 Å². The van der Waals surface area contributed by atoms with E-state index in [9.17, 15) is 9.59 Å². The van der Waals surface area contributed by atoms with Crippen molar-refractivity contribution in [2.24, 2.45) is 0 Å². The van der Waals surface area contributed by atoms with Crippen LogP contribution < -0.4 is 20.4 Å². The zero-order valence-corrected chi connectivity index (χ0v) is 13.7. The van der Waals surface area contributed by atoms with E-state index >= 15 is 0 Å². The third-order valence-corrected chi connectivity index (χ3v) is 4.05. The predicted molar refractivity (Wildman–Crippen MR) is 91.7 cm³/mol. The number of ether oxygens (including phenoxy) is 1. The molecule has 0 saturated heterocycles. The van der Waals surface area contributed by atoms with E-state index in [1.54, 1.807) is 17.6 Å². The van der Waals surface area contributed by atoms with E-state index < -0.39 is 12.0 Å². The Bertz CT molecular complexity index is 779. The van der Waals surface area contributed by atoms with E-state index in [0.717, 1.165) is 11.3 Å². The summed E-state index contributed by atoms with van der Waals surface area (Å²) < 4.78 is 5.77. The minimum atomic E-state index is -0.686. The summed E-state index contributed by atoms with van der Waals surface area (Å²) in [5.74, 6) is -0.433. The summed E-state index contributed by atoms with van der Waals surface area (Å²) >= 11 is 0. The van der Waals surface area contributed by atoms with E-state index in [-0.39, 0.29) is 11.5 Å². The van der Waals surface area contributed by atoms with Crippen LogP contribution in [0, 0.1) is 0 Å². The molecule has 0 spiro atoms. The Morgan fingerprint density at radius 2 is 2.00 bits per heavy atom. The third-order valence-electron chi connectivity index (χ3n) is 4.05. The molecule has 2 amide bonds. The Morgan fingerprint density at radius 1 is 1.24 bits per heavy atom. The maximum Gasteiger partial charge on any atom is 0.274 e. The molecule has 2 aromatic rings. The first-order valence-electron chi connectivity index (χ1n) is 7.86. The standard InChI is InChI=1S/C18H19N3O4/c1-21-11-16(18(23)19-10-12-5-3-2-4-6-12)25-15-9-13(17(22)20-24)7-8-14(15)21/h2-9,16,24H,10-11H2,1H3,(H,19,23)(H,20,22). The van der Waals surface area contributed by atoms with Gasteiger partial charge in [-0.25, -0.2) is 5.48 Å². The Balaban J connectivity index is 1.71. The van der Waals surface area contributed by atoms with Crippen LogP contribution in [0.15, 0.2) is 48.5 Å². The molecule has 3 rings (SSSR count). The van der Waals surface area contributed by atoms with Crippen LogP contribution in [-0.2, 0) is 11.3 Å². The van der Waals surface area contributed by atoms with Crippen molar-refractivity contribution in [1.29, 1.82) is 0 Å². The van der Waals surface area contributed by atoms with Crippen LogP contribution >= 0.6 is 0 Å². The van der Waals surface area contributed by atoms with Crippen molar-refractivity contribution in [3.8, 4) is 5.75 Å². The molecule has 1 aliphatic heterocycles. The lowest BCUT2D eigenvalue weighted by Gasteiger charge is -2.33. The number of fused-ring (bicyclic) bond motifs is 1. The zero-order chi connectivity index (χ0) is 17.8. The van der Waals surface area contributed by atoms with Crippen LogP contribution in [0.3, 0.4) is 0 Å². The molecule has 1 heterocycles. The molecule has 2 aromatic carbocycles. The van der Waals surface area contributed by atoms with Crippen LogP contribution in [0.25, 0.3) is 0 Å². The number of anilines is 1. The van der Waals surface area contributed by atoms with Crippen molar-refractivity contribution in [2.45, 2.75) is 12.6 Å². The van der Waals surface area contributed by atoms with E-state index in [0.29, 0.717) is 18.8 Å². The monoisotopic (exact) mass is 341 g/mol. The van der Waals surface area contributed by atoms with Gasteiger partial charge in [0, 0.05) is 19.2 Å². The normalized spacial score (nSPS) is 15.8. The Kier molecular flexibility index (Phi) is 4.85. The smallest absolute Gasteiger partial charge is 0.274 e. The van der Waals surface area contributed by atoms with Gasteiger partial charge in [-0.2, -0.15) is 0 Å². The Labute approximate surface area is 145 Å². The molecule has 1 atom stereocenters. The molecule has 130 valence electrons. The average molecular weight is 341 g/mol. The van der Waals surface area contributed by atoms with Crippen LogP contribution in [0.2, 0.25) is 0 Å². The first-order valence-corrected chi connectivity index (χ1v) is 7.86. The van der Waals surface area contributed by atoms with Gasteiger partial charge < -0.3 is 15.0 Å². The van der Waals surface area contributed by atoms with E-state index in [4.69, 9.17) is 9.94 Å². The topological polar surface area (TPSA) is 90.9 Å². The van der Waals surface area contributed by atoms with Gasteiger partial charge in [-0.1, -0.05) is 30.3 Å². The first-order chi connectivity index (χ1) is 12.1. The molecule has 25 heavy (non-hydrogen) atoms. The van der Waals surface area contributed by atoms with Gasteiger partial charge in [0.05, 0.1) is 12.2 Å². The van der Waals surface area contributed by atoms with Crippen LogP contribution in [-0.4, -0.2) is 36.7 Å². The second kappa shape index (κ2) is 7.23. The van der Waals surface area contributed by atoms with Crippen molar-refractivity contribution < 1.29 is 19.5 Å². The molecular formula is C18H19N3O4. The summed E-state index contributed by atoms with van der Waals surface area (Å²) in [6, 6.07) is 14.4. The lowest BCUT2D eigenvalue weighted by molar-refractivity contribution is -0.128. The minimum Gasteiger partial charge on any atom is -0.477 e. The van der Waals surface area contributed by atoms with E-state index in [1.807, 2.05) is 42.3 Å². The summed E-state index contributed by atoms with van der Waals surface area (Å²) in [7, 11) is 1.85. The highest BCUT2D eigenvalue weighted by atomic mass is 16.5. The van der Waals surface area contributed by atoms with Gasteiger partial charge in [0.25, 0.3) is 11.8 Å². The van der Waals surface area contributed by atoms with Gasteiger partial charge in [-0.3, -0.25) is 14.8 Å². The summed E-state index contributed by atoms with van der Waals surface area (Å²) in [5.41, 5.74) is 3.62. The Hall–Kier alpha value is -3.06. The summed E-state index contributed by atoms with van der Waals surface area (Å²) in [6.07, 6.45) is -0.686. The van der Waals surface area contributed by atoms with Gasteiger partial charge in [0.1, 0.15) is 5.75 Å². The molecule has 3 N–H and O–H groups in total. The number of carbonyl (C=O) groups excluding carboxylic acids is 2. The quantitative estimate of drug-likeness (QED) is 0.576. The number of hydrogen-bond acceptors (Lipinski definition) is 5. The second-order valence-electron chi connectivity index (χ2n) is 5.81. The minimum absolute atomic E-state index is 0.224. The number of likely N-dealkylation sites (N-methyl/N-ethyl adjacent to an activating group) is 1. The molecule has 0 bridgehead atoms. The van der Waals surface area contributed by atoms with Crippen molar-refractivity contribution >= 4 is 17.5 Å². The SMILES string of the molecule is CN1CC(C(=O)NCc2ccccc2)Oc2cc(C(=O)NO)ccc21. The number of amides is 2. The number of hydrogen-bond donors (Lipinski definition) is 3. The van der Waals surface area contributed by atoms with E-state index in [1.165, 1.54) is 6.07 Å². The molecule has 1 unspecified atom stereocenters. The largest absolute Gasteiger partial charge is 0.477 e. The fourth-order valence-electron chi connectivity index (χ4n) is 2.70. The highest BCUT2D eigenvalue weighted by molar-refractivity contribution is 5.94. The van der Waals surface area contributed by atoms with Crippen LogP contribution in [0.1, 0.15) is 15.9 Å². The molecular weight excluding hydrogens is 322 g/mol. The van der Waals surface area contributed by atoms with E-state index in [2.05, 4.69) is 5.32 Å². The lowest BCUT2D eigenvalue weighted by Crippen LogP contribution is -2.47. The summed E-state index contributed by atoms with van der Waals surface area (Å²) in [4.78, 5) is 25.9. The molecule has 1 aliphatic rings. The zero-order valence-electron chi connectivity index (χ0n) is 13.7. The average Bonchev–Trinajstić information content (AvgIpc) is 2.65.